The minimum atomic E-state index is -0.285. The van der Waals surface area contributed by atoms with Crippen LogP contribution < -0.4 is 0 Å². The monoisotopic (exact) mass is 166 g/mol. The first kappa shape index (κ1) is 8.97. The Morgan fingerprint density at radius 3 is 2.75 bits per heavy atom. The standard InChI is InChI=1S/C9H14N2O/c1-7(12)9(2,3)4-8-5-10-6-11-8/h5-6H,4H2,1-3H3,(H,10,11). The SMILES string of the molecule is CC(=O)C(C)(C)Cc1cnc[nH]1. The number of aromatic nitrogens is 2. The van der Waals surface area contributed by atoms with Gasteiger partial charge in [-0.3, -0.25) is 4.79 Å². The average Bonchev–Trinajstić information content (AvgIpc) is 2.38. The Morgan fingerprint density at radius 2 is 2.33 bits per heavy atom. The maximum absolute atomic E-state index is 11.2. The van der Waals surface area contributed by atoms with E-state index in [2.05, 4.69) is 9.97 Å². The lowest BCUT2D eigenvalue weighted by atomic mass is 9.84. The summed E-state index contributed by atoms with van der Waals surface area (Å²) in [6.07, 6.45) is 4.11. The Morgan fingerprint density at radius 1 is 1.67 bits per heavy atom. The summed E-state index contributed by atoms with van der Waals surface area (Å²) in [4.78, 5) is 18.0. The van der Waals surface area contributed by atoms with Crippen LogP contribution in [0.5, 0.6) is 0 Å². The normalized spacial score (nSPS) is 11.6. The molecule has 0 amide bonds. The molecule has 1 aromatic heterocycles. The van der Waals surface area contributed by atoms with Gasteiger partial charge in [-0.2, -0.15) is 0 Å². The highest BCUT2D eigenvalue weighted by Crippen LogP contribution is 2.21. The minimum Gasteiger partial charge on any atom is -0.348 e. The number of carbonyl (C=O) groups is 1. The summed E-state index contributed by atoms with van der Waals surface area (Å²) in [6, 6.07) is 0. The molecule has 0 aliphatic carbocycles. The molecule has 0 aliphatic heterocycles. The molecule has 3 nitrogen and oxygen atoms in total. The topological polar surface area (TPSA) is 45.8 Å². The van der Waals surface area contributed by atoms with Gasteiger partial charge in [-0.05, 0) is 6.92 Å². The third-order valence-corrected chi connectivity index (χ3v) is 2.14. The zero-order chi connectivity index (χ0) is 9.19. The van der Waals surface area contributed by atoms with Gasteiger partial charge in [0.1, 0.15) is 5.78 Å². The van der Waals surface area contributed by atoms with Crippen molar-refractivity contribution in [3.8, 4) is 0 Å². The molecule has 0 bridgehead atoms. The predicted molar refractivity (Wildman–Crippen MR) is 46.8 cm³/mol. The molecule has 12 heavy (non-hydrogen) atoms. The number of nitrogens with zero attached hydrogens (tertiary/aromatic N) is 1. The zero-order valence-electron chi connectivity index (χ0n) is 7.72. The molecule has 0 atom stereocenters. The van der Waals surface area contributed by atoms with Crippen molar-refractivity contribution in [2.24, 2.45) is 5.41 Å². The van der Waals surface area contributed by atoms with E-state index < -0.39 is 0 Å². The van der Waals surface area contributed by atoms with Gasteiger partial charge in [0.15, 0.2) is 0 Å². The number of Topliss-reactive ketones (excluding diaryl/α,β-unsaturated/α-hetero) is 1. The van der Waals surface area contributed by atoms with E-state index in [9.17, 15) is 4.79 Å². The minimum absolute atomic E-state index is 0.206. The van der Waals surface area contributed by atoms with Gasteiger partial charge in [-0.15, -0.1) is 0 Å². The van der Waals surface area contributed by atoms with Gasteiger partial charge in [-0.1, -0.05) is 13.8 Å². The van der Waals surface area contributed by atoms with Crippen LogP contribution in [-0.4, -0.2) is 15.8 Å². The quantitative estimate of drug-likeness (QED) is 0.740. The third kappa shape index (κ3) is 1.94. The fourth-order valence-electron chi connectivity index (χ4n) is 0.982. The molecule has 0 saturated heterocycles. The number of hydrogen-bond donors (Lipinski definition) is 1. The highest BCUT2D eigenvalue weighted by Gasteiger charge is 2.24. The van der Waals surface area contributed by atoms with E-state index in [1.807, 2.05) is 13.8 Å². The summed E-state index contributed by atoms with van der Waals surface area (Å²) in [5.74, 6) is 0.206. The Balaban J connectivity index is 2.69. The lowest BCUT2D eigenvalue weighted by Crippen LogP contribution is -2.24. The molecule has 1 aromatic rings. The van der Waals surface area contributed by atoms with Crippen molar-refractivity contribution in [3.05, 3.63) is 18.2 Å². The summed E-state index contributed by atoms with van der Waals surface area (Å²) < 4.78 is 0. The molecule has 1 N–H and O–H groups in total. The molecule has 3 heteroatoms. The fraction of sp³-hybridized carbons (Fsp3) is 0.556. The summed E-state index contributed by atoms with van der Waals surface area (Å²) in [5.41, 5.74) is 0.724. The molecule has 0 radical (unpaired) electrons. The molecular formula is C9H14N2O. The van der Waals surface area contributed by atoms with Crippen LogP contribution in [0.2, 0.25) is 0 Å². The van der Waals surface area contributed by atoms with Gasteiger partial charge < -0.3 is 4.98 Å². The Kier molecular flexibility index (Phi) is 2.31. The molecule has 0 saturated carbocycles. The average molecular weight is 166 g/mol. The van der Waals surface area contributed by atoms with Crippen molar-refractivity contribution in [2.75, 3.05) is 0 Å². The molecule has 0 aliphatic rings. The van der Waals surface area contributed by atoms with Crippen LogP contribution in [0.3, 0.4) is 0 Å². The molecule has 0 unspecified atom stereocenters. The maximum atomic E-state index is 11.2. The summed E-state index contributed by atoms with van der Waals surface area (Å²) >= 11 is 0. The van der Waals surface area contributed by atoms with Gasteiger partial charge in [0.25, 0.3) is 0 Å². The van der Waals surface area contributed by atoms with Crippen molar-refractivity contribution in [1.82, 2.24) is 9.97 Å². The maximum Gasteiger partial charge on any atom is 0.135 e. The van der Waals surface area contributed by atoms with E-state index in [0.717, 1.165) is 12.1 Å². The summed E-state index contributed by atoms with van der Waals surface area (Å²) in [6.45, 7) is 5.50. The van der Waals surface area contributed by atoms with Crippen molar-refractivity contribution >= 4 is 5.78 Å². The highest BCUT2D eigenvalue weighted by molar-refractivity contribution is 5.81. The highest BCUT2D eigenvalue weighted by atomic mass is 16.1. The van der Waals surface area contributed by atoms with E-state index in [1.165, 1.54) is 0 Å². The van der Waals surface area contributed by atoms with Gasteiger partial charge in [0, 0.05) is 23.7 Å². The van der Waals surface area contributed by atoms with Crippen molar-refractivity contribution in [1.29, 1.82) is 0 Å². The lowest BCUT2D eigenvalue weighted by Gasteiger charge is -2.19. The van der Waals surface area contributed by atoms with Crippen LogP contribution in [0.25, 0.3) is 0 Å². The molecule has 1 rings (SSSR count). The Bertz CT molecular complexity index is 262. The number of hydrogen-bond acceptors (Lipinski definition) is 2. The number of nitrogens with one attached hydrogen (secondary N) is 1. The first-order chi connectivity index (χ1) is 5.52. The van der Waals surface area contributed by atoms with Gasteiger partial charge in [-0.25, -0.2) is 4.98 Å². The van der Waals surface area contributed by atoms with E-state index in [0.29, 0.717) is 0 Å². The van der Waals surface area contributed by atoms with Crippen molar-refractivity contribution in [2.45, 2.75) is 27.2 Å². The number of carbonyl (C=O) groups excluding carboxylic acids is 1. The third-order valence-electron chi connectivity index (χ3n) is 2.14. The van der Waals surface area contributed by atoms with Gasteiger partial charge >= 0.3 is 0 Å². The van der Waals surface area contributed by atoms with Crippen molar-refractivity contribution < 1.29 is 4.79 Å². The molecule has 0 spiro atoms. The van der Waals surface area contributed by atoms with E-state index in [4.69, 9.17) is 0 Å². The second kappa shape index (κ2) is 3.09. The number of aromatic amines is 1. The van der Waals surface area contributed by atoms with E-state index in [1.54, 1.807) is 19.4 Å². The zero-order valence-corrected chi connectivity index (χ0v) is 7.72. The molecule has 0 aromatic carbocycles. The van der Waals surface area contributed by atoms with Gasteiger partial charge in [0.05, 0.1) is 6.33 Å². The lowest BCUT2D eigenvalue weighted by molar-refractivity contribution is -0.124. The second-order valence-corrected chi connectivity index (χ2v) is 3.69. The summed E-state index contributed by atoms with van der Waals surface area (Å²) in [5, 5.41) is 0. The second-order valence-electron chi connectivity index (χ2n) is 3.69. The first-order valence-corrected chi connectivity index (χ1v) is 4.00. The number of ketones is 1. The molecule has 0 fully saturated rings. The van der Waals surface area contributed by atoms with Crippen LogP contribution in [0.4, 0.5) is 0 Å². The molecule has 66 valence electrons. The van der Waals surface area contributed by atoms with E-state index >= 15 is 0 Å². The number of H-pyrrole nitrogens is 1. The summed E-state index contributed by atoms with van der Waals surface area (Å²) in [7, 11) is 0. The molecule has 1 heterocycles. The number of rotatable bonds is 3. The van der Waals surface area contributed by atoms with Crippen LogP contribution in [0, 0.1) is 5.41 Å². The van der Waals surface area contributed by atoms with Crippen molar-refractivity contribution in [3.63, 3.8) is 0 Å². The van der Waals surface area contributed by atoms with Crippen LogP contribution in [0.1, 0.15) is 26.5 Å². The fourth-order valence-corrected chi connectivity index (χ4v) is 0.982. The molecular weight excluding hydrogens is 152 g/mol. The van der Waals surface area contributed by atoms with Crippen LogP contribution in [-0.2, 0) is 11.2 Å². The smallest absolute Gasteiger partial charge is 0.135 e. The van der Waals surface area contributed by atoms with Crippen LogP contribution >= 0.6 is 0 Å². The Hall–Kier alpha value is -1.12. The largest absolute Gasteiger partial charge is 0.348 e. The Labute approximate surface area is 72.2 Å². The van der Waals surface area contributed by atoms with Crippen LogP contribution in [0.15, 0.2) is 12.5 Å². The van der Waals surface area contributed by atoms with Gasteiger partial charge in [0.2, 0.25) is 0 Å². The predicted octanol–water partition coefficient (Wildman–Crippen LogP) is 1.57. The van der Waals surface area contributed by atoms with E-state index in [-0.39, 0.29) is 11.2 Å². The number of imidazole rings is 1. The first-order valence-electron chi connectivity index (χ1n) is 4.00.